The summed E-state index contributed by atoms with van der Waals surface area (Å²) >= 11 is 0. The quantitative estimate of drug-likeness (QED) is 0.520. The molecule has 0 spiro atoms. The predicted molar refractivity (Wildman–Crippen MR) is 116 cm³/mol. The van der Waals surface area contributed by atoms with Crippen molar-refractivity contribution in [3.8, 4) is 16.9 Å². The molecule has 8 heteroatoms. The molecule has 0 atom stereocenters. The van der Waals surface area contributed by atoms with Crippen LogP contribution in [0.1, 0.15) is 44.7 Å². The highest BCUT2D eigenvalue weighted by Gasteiger charge is 2.33. The van der Waals surface area contributed by atoms with Crippen LogP contribution in [0, 0.1) is 0 Å². The molecule has 0 saturated heterocycles. The van der Waals surface area contributed by atoms with E-state index in [0.717, 1.165) is 24.5 Å². The maximum Gasteiger partial charge on any atom is 0.417 e. The second-order valence-corrected chi connectivity index (χ2v) is 8.84. The molecule has 1 fully saturated rings. The van der Waals surface area contributed by atoms with Crippen molar-refractivity contribution in [3.05, 3.63) is 53.6 Å². The molecule has 32 heavy (non-hydrogen) atoms. The number of rotatable bonds is 8. The Morgan fingerprint density at radius 2 is 1.81 bits per heavy atom. The normalized spacial score (nSPS) is 14.2. The first-order chi connectivity index (χ1) is 15.0. The summed E-state index contributed by atoms with van der Waals surface area (Å²) in [6, 6.07) is 11.1. The Morgan fingerprint density at radius 3 is 2.47 bits per heavy atom. The Labute approximate surface area is 186 Å². The van der Waals surface area contributed by atoms with E-state index in [1.165, 1.54) is 12.1 Å². The summed E-state index contributed by atoms with van der Waals surface area (Å²) in [6.45, 7) is 6.20. The van der Waals surface area contributed by atoms with E-state index in [1.54, 1.807) is 39.0 Å². The topological polar surface area (TPSA) is 59.6 Å². The van der Waals surface area contributed by atoms with Crippen molar-refractivity contribution in [2.24, 2.45) is 0 Å². The molecule has 0 radical (unpaired) electrons. The van der Waals surface area contributed by atoms with Crippen LogP contribution in [0.4, 0.5) is 18.0 Å². The lowest BCUT2D eigenvalue weighted by Gasteiger charge is -2.19. The lowest BCUT2D eigenvalue weighted by Crippen LogP contribution is -2.34. The fraction of sp³-hybridized carbons (Fsp3) is 0.458. The molecular formula is C24H29F3N2O3. The van der Waals surface area contributed by atoms with Crippen molar-refractivity contribution in [1.29, 1.82) is 0 Å². The van der Waals surface area contributed by atoms with Gasteiger partial charge < -0.3 is 20.1 Å². The Hall–Kier alpha value is -2.74. The van der Waals surface area contributed by atoms with E-state index >= 15 is 0 Å². The van der Waals surface area contributed by atoms with Gasteiger partial charge in [0.05, 0.1) is 12.1 Å². The molecule has 2 aromatic carbocycles. The van der Waals surface area contributed by atoms with Crippen molar-refractivity contribution in [2.45, 2.75) is 58.0 Å². The molecule has 0 unspecified atom stereocenters. The molecule has 1 amide bonds. The first-order valence-corrected chi connectivity index (χ1v) is 10.6. The molecule has 1 aliphatic carbocycles. The molecular weight excluding hydrogens is 421 g/mol. The van der Waals surface area contributed by atoms with Crippen LogP contribution < -0.4 is 15.4 Å². The number of alkyl carbamates (subject to hydrolysis) is 1. The predicted octanol–water partition coefficient (Wildman–Crippen LogP) is 5.53. The third kappa shape index (κ3) is 7.44. The van der Waals surface area contributed by atoms with Gasteiger partial charge in [-0.15, -0.1) is 0 Å². The van der Waals surface area contributed by atoms with Gasteiger partial charge >= 0.3 is 12.3 Å². The number of halogens is 3. The molecule has 2 N–H and O–H groups in total. The zero-order chi connectivity index (χ0) is 23.4. The smallest absolute Gasteiger partial charge is 0.417 e. The van der Waals surface area contributed by atoms with E-state index in [1.807, 2.05) is 6.07 Å². The van der Waals surface area contributed by atoms with Crippen molar-refractivity contribution in [2.75, 3.05) is 13.2 Å². The summed E-state index contributed by atoms with van der Waals surface area (Å²) in [6.07, 6.45) is -2.80. The number of carbonyl (C=O) groups is 1. The molecule has 2 aromatic rings. The molecule has 0 aliphatic heterocycles. The van der Waals surface area contributed by atoms with E-state index in [4.69, 9.17) is 9.47 Å². The first-order valence-electron chi connectivity index (χ1n) is 10.6. The van der Waals surface area contributed by atoms with Crippen molar-refractivity contribution in [3.63, 3.8) is 0 Å². The average Bonchev–Trinajstić information content (AvgIpc) is 3.52. The van der Waals surface area contributed by atoms with Gasteiger partial charge in [-0.25, -0.2) is 4.79 Å². The highest BCUT2D eigenvalue weighted by molar-refractivity contribution is 5.70. The van der Waals surface area contributed by atoms with Crippen LogP contribution in [0.25, 0.3) is 11.1 Å². The number of hydrogen-bond acceptors (Lipinski definition) is 4. The van der Waals surface area contributed by atoms with E-state index in [9.17, 15) is 18.0 Å². The maximum absolute atomic E-state index is 13.5. The summed E-state index contributed by atoms with van der Waals surface area (Å²) in [5.41, 5.74) is 0.0775. The van der Waals surface area contributed by atoms with Crippen LogP contribution in [0.5, 0.6) is 5.75 Å². The fourth-order valence-corrected chi connectivity index (χ4v) is 3.17. The van der Waals surface area contributed by atoms with Crippen molar-refractivity contribution in [1.82, 2.24) is 10.6 Å². The second-order valence-electron chi connectivity index (χ2n) is 8.84. The van der Waals surface area contributed by atoms with Crippen LogP contribution >= 0.6 is 0 Å². The van der Waals surface area contributed by atoms with Gasteiger partial charge in [-0.3, -0.25) is 0 Å². The Bertz CT molecular complexity index is 935. The van der Waals surface area contributed by atoms with Gasteiger partial charge in [0.1, 0.15) is 18.0 Å². The second kappa shape index (κ2) is 9.81. The van der Waals surface area contributed by atoms with Crippen LogP contribution in [-0.4, -0.2) is 30.9 Å². The van der Waals surface area contributed by atoms with Crippen LogP contribution in [0.15, 0.2) is 42.5 Å². The molecule has 3 rings (SSSR count). The first kappa shape index (κ1) is 23.9. The van der Waals surface area contributed by atoms with E-state index in [-0.39, 0.29) is 18.7 Å². The number of benzene rings is 2. The monoisotopic (exact) mass is 450 g/mol. The van der Waals surface area contributed by atoms with Gasteiger partial charge in [0.15, 0.2) is 0 Å². The number of nitrogens with one attached hydrogen (secondary N) is 2. The minimum Gasteiger partial charge on any atom is -0.492 e. The van der Waals surface area contributed by atoms with Crippen LogP contribution in [-0.2, 0) is 17.5 Å². The van der Waals surface area contributed by atoms with Gasteiger partial charge in [0.2, 0.25) is 0 Å². The fourth-order valence-electron chi connectivity index (χ4n) is 3.17. The summed E-state index contributed by atoms with van der Waals surface area (Å²) < 4.78 is 51.6. The zero-order valence-electron chi connectivity index (χ0n) is 18.5. The maximum atomic E-state index is 13.5. The molecule has 1 saturated carbocycles. The minimum absolute atomic E-state index is 0.102. The highest BCUT2D eigenvalue weighted by Crippen LogP contribution is 2.38. The molecule has 174 valence electrons. The van der Waals surface area contributed by atoms with E-state index < -0.39 is 23.4 Å². The molecule has 0 heterocycles. The summed E-state index contributed by atoms with van der Waals surface area (Å²) in [5.74, 6) is 0.443. The standard InChI is InChI=1S/C24H29F3N2O3/c1-23(2,3)32-22(30)28-10-11-31-19-13-16(15-29-18-8-9-18)12-17(14-19)20-6-4-5-7-21(20)24(25,26)27/h4-7,12-14,18,29H,8-11,15H2,1-3H3,(H,28,30). The number of alkyl halides is 3. The molecule has 0 bridgehead atoms. The minimum atomic E-state index is -4.46. The number of ether oxygens (including phenoxy) is 2. The third-order valence-corrected chi connectivity index (χ3v) is 4.72. The van der Waals surface area contributed by atoms with Gasteiger partial charge in [0.25, 0.3) is 0 Å². The van der Waals surface area contributed by atoms with Crippen LogP contribution in [0.2, 0.25) is 0 Å². The largest absolute Gasteiger partial charge is 0.492 e. The molecule has 0 aromatic heterocycles. The summed E-state index contributed by atoms with van der Waals surface area (Å²) in [7, 11) is 0. The highest BCUT2D eigenvalue weighted by atomic mass is 19.4. The lowest BCUT2D eigenvalue weighted by molar-refractivity contribution is -0.137. The summed E-state index contributed by atoms with van der Waals surface area (Å²) in [5, 5.41) is 5.98. The Kier molecular flexibility index (Phi) is 7.33. The summed E-state index contributed by atoms with van der Waals surface area (Å²) in [4.78, 5) is 11.7. The van der Waals surface area contributed by atoms with E-state index in [2.05, 4.69) is 10.6 Å². The Balaban J connectivity index is 1.75. The average molecular weight is 451 g/mol. The van der Waals surface area contributed by atoms with E-state index in [0.29, 0.717) is 23.9 Å². The van der Waals surface area contributed by atoms with Crippen molar-refractivity contribution >= 4 is 6.09 Å². The van der Waals surface area contributed by atoms with Crippen molar-refractivity contribution < 1.29 is 27.4 Å². The van der Waals surface area contributed by atoms with Gasteiger partial charge in [0, 0.05) is 12.6 Å². The van der Waals surface area contributed by atoms with Gasteiger partial charge in [-0.1, -0.05) is 18.2 Å². The number of amides is 1. The van der Waals surface area contributed by atoms with Crippen LogP contribution in [0.3, 0.4) is 0 Å². The lowest BCUT2D eigenvalue weighted by atomic mass is 9.97. The third-order valence-electron chi connectivity index (χ3n) is 4.72. The van der Waals surface area contributed by atoms with Gasteiger partial charge in [-0.2, -0.15) is 13.2 Å². The number of hydrogen-bond donors (Lipinski definition) is 2. The Morgan fingerprint density at radius 1 is 1.09 bits per heavy atom. The molecule has 1 aliphatic rings. The zero-order valence-corrected chi connectivity index (χ0v) is 18.5. The molecule has 5 nitrogen and oxygen atoms in total. The number of carbonyl (C=O) groups excluding carboxylic acids is 1. The SMILES string of the molecule is CC(C)(C)OC(=O)NCCOc1cc(CNC2CC2)cc(-c2ccccc2C(F)(F)F)c1. The van der Waals surface area contributed by atoms with Gasteiger partial charge in [-0.05, 0) is 74.6 Å².